The molecular formula is C18H25BrN2O4. The number of carbonyl (C=O) groups is 2. The van der Waals surface area contributed by atoms with E-state index in [0.29, 0.717) is 25.4 Å². The van der Waals surface area contributed by atoms with Crippen LogP contribution in [0.5, 0.6) is 0 Å². The smallest absolute Gasteiger partial charge is 0.416 e. The molecule has 7 heteroatoms. The molecule has 1 aromatic heterocycles. The predicted molar refractivity (Wildman–Crippen MR) is 98.7 cm³/mol. The summed E-state index contributed by atoms with van der Waals surface area (Å²) in [5.41, 5.74) is -0.274. The first-order chi connectivity index (χ1) is 11.6. The largest absolute Gasteiger partial charge is 0.466 e. The fourth-order valence-corrected chi connectivity index (χ4v) is 3.37. The van der Waals surface area contributed by atoms with Crippen molar-refractivity contribution in [1.82, 2.24) is 4.98 Å². The van der Waals surface area contributed by atoms with Crippen molar-refractivity contribution in [1.29, 1.82) is 0 Å². The van der Waals surface area contributed by atoms with Crippen LogP contribution < -0.4 is 4.90 Å². The molecule has 1 aliphatic rings. The van der Waals surface area contributed by atoms with Crippen molar-refractivity contribution >= 4 is 33.8 Å². The van der Waals surface area contributed by atoms with Crippen molar-refractivity contribution in [3.63, 3.8) is 0 Å². The molecule has 2 rings (SSSR count). The molecule has 138 valence electrons. The Labute approximate surface area is 157 Å². The van der Waals surface area contributed by atoms with Gasteiger partial charge in [0.15, 0.2) is 0 Å². The molecule has 1 unspecified atom stereocenters. The van der Waals surface area contributed by atoms with Gasteiger partial charge in [-0.15, -0.1) is 0 Å². The summed E-state index contributed by atoms with van der Waals surface area (Å²) in [4.78, 5) is 30.8. The number of hydrogen-bond donors (Lipinski definition) is 0. The first-order valence-electron chi connectivity index (χ1n) is 8.44. The molecule has 0 saturated carbocycles. The lowest BCUT2D eigenvalue weighted by molar-refractivity contribution is -0.144. The van der Waals surface area contributed by atoms with E-state index in [1.807, 2.05) is 33.8 Å². The predicted octanol–water partition coefficient (Wildman–Crippen LogP) is 4.20. The summed E-state index contributed by atoms with van der Waals surface area (Å²) in [6.45, 7) is 9.93. The normalized spacial score (nSPS) is 19.5. The van der Waals surface area contributed by atoms with E-state index in [1.165, 1.54) is 4.90 Å². The topological polar surface area (TPSA) is 68.7 Å². The second-order valence-corrected chi connectivity index (χ2v) is 8.12. The molecule has 1 atom stereocenters. The quantitative estimate of drug-likeness (QED) is 0.692. The number of ether oxygens (including phenoxy) is 2. The van der Waals surface area contributed by atoms with E-state index in [0.717, 1.165) is 10.0 Å². The zero-order chi connectivity index (χ0) is 18.8. The number of anilines is 1. The maximum Gasteiger partial charge on any atom is 0.416 e. The van der Waals surface area contributed by atoms with Crippen LogP contribution in [-0.2, 0) is 19.7 Å². The van der Waals surface area contributed by atoms with Crippen molar-refractivity contribution in [2.24, 2.45) is 0 Å². The maximum atomic E-state index is 12.7. The van der Waals surface area contributed by atoms with Crippen LogP contribution in [0.3, 0.4) is 0 Å². The minimum atomic E-state index is -0.606. The van der Waals surface area contributed by atoms with E-state index in [2.05, 4.69) is 20.9 Å². The first kappa shape index (κ1) is 19.7. The van der Waals surface area contributed by atoms with Crippen molar-refractivity contribution in [3.05, 3.63) is 22.3 Å². The molecule has 0 aliphatic carbocycles. The van der Waals surface area contributed by atoms with Gasteiger partial charge in [0.25, 0.3) is 0 Å². The zero-order valence-corrected chi connectivity index (χ0v) is 17.0. The van der Waals surface area contributed by atoms with Gasteiger partial charge >= 0.3 is 12.1 Å². The van der Waals surface area contributed by atoms with Crippen LogP contribution >= 0.6 is 15.9 Å². The van der Waals surface area contributed by atoms with Crippen LogP contribution in [0, 0.1) is 0 Å². The van der Waals surface area contributed by atoms with Crippen molar-refractivity contribution in [3.8, 4) is 0 Å². The highest BCUT2D eigenvalue weighted by atomic mass is 79.9. The van der Waals surface area contributed by atoms with Gasteiger partial charge < -0.3 is 9.47 Å². The highest BCUT2D eigenvalue weighted by molar-refractivity contribution is 9.10. The van der Waals surface area contributed by atoms with Crippen LogP contribution in [0.25, 0.3) is 0 Å². The van der Waals surface area contributed by atoms with Gasteiger partial charge in [-0.25, -0.2) is 9.78 Å². The third-order valence-electron chi connectivity index (χ3n) is 4.20. The molecule has 6 nitrogen and oxygen atoms in total. The minimum Gasteiger partial charge on any atom is -0.466 e. The van der Waals surface area contributed by atoms with Gasteiger partial charge in [-0.1, -0.05) is 6.92 Å². The number of carbonyl (C=O) groups excluding carboxylic acids is 2. The molecule has 1 aliphatic heterocycles. The second-order valence-electron chi connectivity index (χ2n) is 7.21. The van der Waals surface area contributed by atoms with E-state index in [4.69, 9.17) is 9.47 Å². The van der Waals surface area contributed by atoms with E-state index in [9.17, 15) is 9.59 Å². The number of amides is 1. The number of fused-ring (bicyclic) bond motifs is 1. The van der Waals surface area contributed by atoms with Gasteiger partial charge in [-0.2, -0.15) is 0 Å². The first-order valence-corrected chi connectivity index (χ1v) is 9.23. The van der Waals surface area contributed by atoms with Gasteiger partial charge in [0, 0.05) is 28.2 Å². The summed E-state index contributed by atoms with van der Waals surface area (Å²) in [5, 5.41) is 0. The standard InChI is InChI=1S/C18H25BrN2O4/c1-6-18(9-14(22)24-7-2)11-21(16(23)25-17(3,4)5)15-13(18)8-12(19)10-20-15/h8,10H,6-7,9,11H2,1-5H3. The Kier molecular flexibility index (Phi) is 5.76. The Bertz CT molecular complexity index is 672. The van der Waals surface area contributed by atoms with Crippen LogP contribution in [0.15, 0.2) is 16.7 Å². The highest BCUT2D eigenvalue weighted by Crippen LogP contribution is 2.45. The molecule has 1 amide bonds. The lowest BCUT2D eigenvalue weighted by atomic mass is 9.77. The Balaban J connectivity index is 2.42. The molecular weight excluding hydrogens is 388 g/mol. The fourth-order valence-electron chi connectivity index (χ4n) is 3.03. The van der Waals surface area contributed by atoms with Gasteiger partial charge in [-0.05, 0) is 56.1 Å². The van der Waals surface area contributed by atoms with E-state index in [-0.39, 0.29) is 12.4 Å². The van der Waals surface area contributed by atoms with E-state index in [1.54, 1.807) is 13.1 Å². The highest BCUT2D eigenvalue weighted by Gasteiger charge is 2.47. The number of esters is 1. The van der Waals surface area contributed by atoms with Gasteiger partial charge in [0.05, 0.1) is 13.0 Å². The van der Waals surface area contributed by atoms with Crippen molar-refractivity contribution in [2.45, 2.75) is 58.5 Å². The zero-order valence-electron chi connectivity index (χ0n) is 15.4. The van der Waals surface area contributed by atoms with Gasteiger partial charge in [-0.3, -0.25) is 9.69 Å². The summed E-state index contributed by atoms with van der Waals surface area (Å²) in [6.07, 6.45) is 2.06. The average molecular weight is 413 g/mol. The number of nitrogens with zero attached hydrogens (tertiary/aromatic N) is 2. The molecule has 2 heterocycles. The Morgan fingerprint density at radius 2 is 2.04 bits per heavy atom. The summed E-state index contributed by atoms with van der Waals surface area (Å²) in [5.74, 6) is 0.268. The minimum absolute atomic E-state index is 0.196. The van der Waals surface area contributed by atoms with Crippen molar-refractivity contribution < 1.29 is 19.1 Å². The molecule has 1 aromatic rings. The van der Waals surface area contributed by atoms with Crippen LogP contribution in [-0.4, -0.2) is 35.8 Å². The maximum absolute atomic E-state index is 12.7. The number of halogens is 1. The molecule has 0 N–H and O–H groups in total. The summed E-state index contributed by atoms with van der Waals surface area (Å²) < 4.78 is 11.5. The average Bonchev–Trinajstić information content (AvgIpc) is 2.80. The SMILES string of the molecule is CCOC(=O)CC1(CC)CN(C(=O)OC(C)(C)C)c2ncc(Br)cc21. The van der Waals surface area contributed by atoms with Crippen LogP contribution in [0.2, 0.25) is 0 Å². The molecule has 0 fully saturated rings. The molecule has 25 heavy (non-hydrogen) atoms. The molecule has 0 saturated heterocycles. The number of hydrogen-bond acceptors (Lipinski definition) is 5. The second kappa shape index (κ2) is 7.32. The Morgan fingerprint density at radius 1 is 1.36 bits per heavy atom. The fraction of sp³-hybridized carbons (Fsp3) is 0.611. The van der Waals surface area contributed by atoms with Crippen LogP contribution in [0.4, 0.5) is 10.6 Å². The number of pyridine rings is 1. The van der Waals surface area contributed by atoms with E-state index >= 15 is 0 Å². The third kappa shape index (κ3) is 4.32. The number of aromatic nitrogens is 1. The molecule has 0 spiro atoms. The molecule has 0 bridgehead atoms. The van der Waals surface area contributed by atoms with Crippen LogP contribution in [0.1, 0.15) is 53.0 Å². The summed E-state index contributed by atoms with van der Waals surface area (Å²) >= 11 is 3.44. The Morgan fingerprint density at radius 3 is 2.60 bits per heavy atom. The summed E-state index contributed by atoms with van der Waals surface area (Å²) in [7, 11) is 0. The summed E-state index contributed by atoms with van der Waals surface area (Å²) in [6, 6.07) is 1.93. The monoisotopic (exact) mass is 412 g/mol. The van der Waals surface area contributed by atoms with Gasteiger partial charge in [0.1, 0.15) is 11.4 Å². The lowest BCUT2D eigenvalue weighted by Gasteiger charge is -2.29. The van der Waals surface area contributed by atoms with Crippen molar-refractivity contribution in [2.75, 3.05) is 18.1 Å². The molecule has 0 aromatic carbocycles. The molecule has 0 radical (unpaired) electrons. The number of rotatable bonds is 4. The van der Waals surface area contributed by atoms with Gasteiger partial charge in [0.2, 0.25) is 0 Å². The Hall–Kier alpha value is -1.63. The van der Waals surface area contributed by atoms with E-state index < -0.39 is 17.1 Å². The lowest BCUT2D eigenvalue weighted by Crippen LogP contribution is -2.41. The third-order valence-corrected chi connectivity index (χ3v) is 4.63.